The van der Waals surface area contributed by atoms with Crippen molar-refractivity contribution in [2.24, 2.45) is 0 Å². The molecule has 1 aliphatic carbocycles. The topological polar surface area (TPSA) is 185 Å². The highest BCUT2D eigenvalue weighted by Crippen LogP contribution is 2.57. The van der Waals surface area contributed by atoms with Gasteiger partial charge in [0.05, 0.1) is 50.5 Å². The summed E-state index contributed by atoms with van der Waals surface area (Å²) in [7, 11) is 0. The number of fused-ring (bicyclic) bond motifs is 3. The Morgan fingerprint density at radius 3 is 0.745 bits per heavy atom. The van der Waals surface area contributed by atoms with Crippen LogP contribution in [-0.2, 0) is 28.1 Å². The van der Waals surface area contributed by atoms with Gasteiger partial charge in [0.25, 0.3) is 0 Å². The third kappa shape index (κ3) is 24.1. The summed E-state index contributed by atoms with van der Waals surface area (Å²) >= 11 is 0. The normalized spacial score (nSPS) is 11.8. The molecule has 0 fully saturated rings. The van der Waals surface area contributed by atoms with Gasteiger partial charge >= 0.3 is 0 Å². The van der Waals surface area contributed by atoms with Crippen LogP contribution in [0, 0.1) is 13.8 Å². The Morgan fingerprint density at radius 2 is 0.462 bits per heavy atom. The number of aryl methyl sites for hydroxylation is 3. The van der Waals surface area contributed by atoms with Gasteiger partial charge in [-0.3, -0.25) is 0 Å². The summed E-state index contributed by atoms with van der Waals surface area (Å²) in [5.41, 5.74) is 30.6. The smallest absolute Gasteiger partial charge is 0.115 e. The Balaban J connectivity index is 0.000000153. The van der Waals surface area contributed by atoms with E-state index in [0.717, 1.165) is 114 Å². The quantitative estimate of drug-likeness (QED) is 0.0169. The lowest BCUT2D eigenvalue weighted by atomic mass is 9.65. The highest BCUT2D eigenvalue weighted by Gasteiger charge is 2.47. The first-order valence-corrected chi connectivity index (χ1v) is 51.5. The van der Waals surface area contributed by atoms with Crippen LogP contribution in [0.25, 0.3) is 11.1 Å². The van der Waals surface area contributed by atoms with E-state index in [4.69, 9.17) is 0 Å². The Morgan fingerprint density at radius 1 is 0.234 bits per heavy atom. The third-order valence-electron chi connectivity index (χ3n) is 29.2. The molecule has 15 heteroatoms. The van der Waals surface area contributed by atoms with Crippen molar-refractivity contribution >= 4 is 51.2 Å². The molecule has 0 heterocycles. The largest absolute Gasteiger partial charge is 0.508 e. The first kappa shape index (κ1) is 106. The second-order valence-corrected chi connectivity index (χ2v) is 37.5. The Hall–Kier alpha value is -14.5. The molecule has 17 rings (SSSR count). The molecule has 16 aromatic rings. The number of rotatable bonds is 41. The number of nitrogens with zero attached hydrogens (tertiary/aromatic N) is 7. The lowest BCUT2D eigenvalue weighted by molar-refractivity contribution is 0.302. The van der Waals surface area contributed by atoms with E-state index in [9.17, 15) is 40.9 Å². The molecule has 0 aliphatic heterocycles. The first-order valence-electron chi connectivity index (χ1n) is 51.5. The number of hydrogen-bond acceptors (Lipinski definition) is 15. The molecule has 0 saturated carbocycles. The second kappa shape index (κ2) is 51.1. The average molecular weight is 1930 g/mol. The Kier molecular flexibility index (Phi) is 37.5. The van der Waals surface area contributed by atoms with Crippen LogP contribution in [0.1, 0.15) is 151 Å². The monoisotopic (exact) mass is 1930 g/mol. The van der Waals surface area contributed by atoms with Crippen LogP contribution in [-0.4, -0.2) is 159 Å². The van der Waals surface area contributed by atoms with E-state index in [-0.39, 0.29) is 62.0 Å². The van der Waals surface area contributed by atoms with Crippen LogP contribution in [0.3, 0.4) is 0 Å². The van der Waals surface area contributed by atoms with Crippen molar-refractivity contribution < 1.29 is 40.9 Å². The van der Waals surface area contributed by atoms with Gasteiger partial charge in [0.2, 0.25) is 0 Å². The molecule has 0 spiro atoms. The van der Waals surface area contributed by atoms with Gasteiger partial charge in [-0.05, 0) is 298 Å². The number of aliphatic hydroxyl groups is 6. The van der Waals surface area contributed by atoms with Gasteiger partial charge in [0.15, 0.2) is 0 Å². The fourth-order valence-corrected chi connectivity index (χ4v) is 21.1. The third-order valence-corrected chi connectivity index (χ3v) is 29.2. The van der Waals surface area contributed by atoms with E-state index >= 15 is 0 Å². The maximum atomic E-state index is 9.86. The van der Waals surface area contributed by atoms with Crippen molar-refractivity contribution in [1.82, 2.24) is 0 Å². The van der Waals surface area contributed by atoms with Crippen LogP contribution in [0.15, 0.2) is 406 Å². The zero-order chi connectivity index (χ0) is 102. The molecule has 0 radical (unpaired) electrons. The molecule has 0 saturated heterocycles. The number of hydrogen-bond donors (Lipinski definition) is 8. The molecule has 16 aromatic carbocycles. The van der Waals surface area contributed by atoms with E-state index in [2.05, 4.69) is 461 Å². The molecule has 0 amide bonds. The summed E-state index contributed by atoms with van der Waals surface area (Å²) in [6.07, 6.45) is 1.76. The van der Waals surface area contributed by atoms with Gasteiger partial charge in [-0.25, -0.2) is 0 Å². The zero-order valence-corrected chi connectivity index (χ0v) is 86.0. The highest BCUT2D eigenvalue weighted by molar-refractivity contribution is 5.87. The summed E-state index contributed by atoms with van der Waals surface area (Å²) in [6.45, 7) is 31.1. The minimum absolute atomic E-state index is 0.130. The summed E-state index contributed by atoms with van der Waals surface area (Å²) < 4.78 is 0. The maximum Gasteiger partial charge on any atom is 0.115 e. The van der Waals surface area contributed by atoms with Crippen molar-refractivity contribution in [2.45, 2.75) is 104 Å². The predicted octanol–water partition coefficient (Wildman–Crippen LogP) is 25.2. The number of anilines is 9. The van der Waals surface area contributed by atoms with Crippen LogP contribution in [0.5, 0.6) is 11.5 Å². The predicted molar refractivity (Wildman–Crippen MR) is 605 cm³/mol. The van der Waals surface area contributed by atoms with Gasteiger partial charge < -0.3 is 75.2 Å². The number of phenols is 2. The van der Waals surface area contributed by atoms with E-state index in [1.54, 1.807) is 24.3 Å². The summed E-state index contributed by atoms with van der Waals surface area (Å²) in [5.74, 6) is 0.517. The van der Waals surface area contributed by atoms with Gasteiger partial charge in [-0.15, -0.1) is 0 Å². The minimum atomic E-state index is -0.512. The fourth-order valence-electron chi connectivity index (χ4n) is 21.1. The summed E-state index contributed by atoms with van der Waals surface area (Å²) in [4.78, 5) is 15.4. The number of benzene rings is 16. The lowest BCUT2D eigenvalue weighted by Gasteiger charge is -2.37. The fraction of sp³-hybridized carbons (Fsp3) is 0.262. The number of aliphatic hydroxyl groups excluding tert-OH is 6. The van der Waals surface area contributed by atoms with Crippen molar-refractivity contribution in [3.63, 3.8) is 0 Å². The van der Waals surface area contributed by atoms with E-state index < -0.39 is 10.8 Å². The summed E-state index contributed by atoms with van der Waals surface area (Å²) in [6, 6.07) is 143. The Labute approximate surface area is 860 Å². The SMILES string of the molecule is CCN(CCO)c1ccc(C(C)(c2ccccc2)c2ccc(N(CC)CCO)cc2)cc1.CCN(CCO)c1ccc(C(c2ccccc2)(c2ccccc2)c2ccc(N(CC)CCO)cc2)cc1.CCN(CCO)c1ccc(C2(c3ccc(N(CC)CCO)cc3)c3ccccc3-c3ccccc32)cc1.Cc1ccc(N(c2ccc(C)cc2)c2ccc(CCC(C)(c3ccc(O)cc3)c3ccc(O)cc3)cc2)cc1. The van der Waals surface area contributed by atoms with E-state index in [1.807, 2.05) is 24.3 Å². The van der Waals surface area contributed by atoms with Gasteiger partial charge in [-0.2, -0.15) is 0 Å². The van der Waals surface area contributed by atoms with Gasteiger partial charge in [-0.1, -0.05) is 291 Å². The van der Waals surface area contributed by atoms with Crippen LogP contribution >= 0.6 is 0 Å². The number of aromatic hydroxyl groups is 2. The van der Waals surface area contributed by atoms with Crippen molar-refractivity contribution in [1.29, 1.82) is 0 Å². The van der Waals surface area contributed by atoms with Crippen molar-refractivity contribution in [2.75, 3.05) is 152 Å². The molecule has 0 bridgehead atoms. The molecule has 15 nitrogen and oxygen atoms in total. The summed E-state index contributed by atoms with van der Waals surface area (Å²) in [5, 5.41) is 76.5. The maximum absolute atomic E-state index is 9.86. The van der Waals surface area contributed by atoms with Crippen LogP contribution < -0.4 is 34.3 Å². The van der Waals surface area contributed by atoms with Crippen LogP contribution in [0.2, 0.25) is 0 Å². The average Bonchev–Trinajstić information content (AvgIpc) is 1.55. The highest BCUT2D eigenvalue weighted by atomic mass is 16.3. The standard InChI is InChI=1S/C36H35NO2.C33H36N2O2.C33H38N2O2.C28H36N2O2/c1-26-4-14-31(15-5-26)37(32-16-6-27(2)7-17-32)33-18-8-28(9-19-33)24-25-36(3,29-10-20-34(38)21-11-29)30-12-22-35(39)23-13-30;1-3-34(21-23-36)27-17-13-25(14-18-27)33(26-15-19-28(20-16-26)35(4-2)22-24-37)31-11-7-5-9-29(31)30-10-6-8-12-32(30)33;1-3-34(23-25-36)31-19-15-29(16-20-31)33(27-11-7-5-8-12-27,28-13-9-6-10-14-28)30-17-21-32(22-18-30)35(4-2)24-26-37;1-4-29(19-21-31)26-15-11-24(12-16-26)28(3,23-9-7-6-8-10-23)25-13-17-27(18-14-25)30(5-2)20-22-32/h4-23,38-39H,24-25H2,1-3H3;5-20,36-37H,3-4,21-24H2,1-2H3;5-22,36-37H,3-4,23-26H2,1-2H3;6-18,31-32H,4-5,19-22H2,1-3H3. The molecule has 8 N–H and O–H groups in total. The molecule has 1 aliphatic rings. The first-order chi connectivity index (χ1) is 70.8. The molecular weight excluding hydrogens is 1790 g/mol. The van der Waals surface area contributed by atoms with E-state index in [0.29, 0.717) is 39.3 Å². The van der Waals surface area contributed by atoms with Crippen molar-refractivity contribution in [3.8, 4) is 22.6 Å². The second-order valence-electron chi connectivity index (χ2n) is 37.5. The molecule has 0 atom stereocenters. The molecule has 0 aromatic heterocycles. The molecular formula is C130H145N7O8. The lowest BCUT2D eigenvalue weighted by Crippen LogP contribution is -2.32. The molecule has 145 heavy (non-hydrogen) atoms. The van der Waals surface area contributed by atoms with Crippen LogP contribution in [0.4, 0.5) is 51.2 Å². The molecule has 748 valence electrons. The molecule has 0 unspecified atom stereocenters. The van der Waals surface area contributed by atoms with E-state index in [1.165, 1.54) is 89.0 Å². The van der Waals surface area contributed by atoms with Gasteiger partial charge in [0.1, 0.15) is 11.5 Å². The van der Waals surface area contributed by atoms with Crippen molar-refractivity contribution in [3.05, 3.63) is 495 Å². The number of likely N-dealkylation sites (N-methyl/N-ethyl adjacent to an activating group) is 6. The van der Waals surface area contributed by atoms with Gasteiger partial charge in [0, 0.05) is 141 Å². The minimum Gasteiger partial charge on any atom is -0.508 e. The zero-order valence-electron chi connectivity index (χ0n) is 86.0. The Bertz CT molecular complexity index is 6120. The number of phenolic OH excluding ortho intramolecular Hbond substituents is 2.